The van der Waals surface area contributed by atoms with E-state index in [0.717, 1.165) is 121 Å². The van der Waals surface area contributed by atoms with Crippen LogP contribution in [0, 0.1) is 11.8 Å². The molecule has 444 valence electrons. The topological polar surface area (TPSA) is 146 Å². The van der Waals surface area contributed by atoms with Gasteiger partial charge in [-0.05, 0) is 106 Å². The summed E-state index contributed by atoms with van der Waals surface area (Å²) in [6.45, 7) is 10.5. The van der Waals surface area contributed by atoms with Crippen molar-refractivity contribution in [1.82, 2.24) is 20.4 Å². The number of alkyl halides is 1. The van der Waals surface area contributed by atoms with E-state index in [-0.39, 0.29) is 11.8 Å². The van der Waals surface area contributed by atoms with Crippen molar-refractivity contribution in [3.05, 3.63) is 0 Å². The fraction of sp³-hybridized carbons (Fsp3) is 0.969. The first kappa shape index (κ1) is 70.5. The first-order valence-corrected chi connectivity index (χ1v) is 34.5. The summed E-state index contributed by atoms with van der Waals surface area (Å²) in [5, 5.41) is 50.5. The smallest absolute Gasteiger partial charge is 0.243 e. The molecule has 2 aliphatic rings. The van der Waals surface area contributed by atoms with Crippen LogP contribution in [0.1, 0.15) is 303 Å². The van der Waals surface area contributed by atoms with E-state index in [1.54, 1.807) is 0 Å². The molecule has 0 aromatic heterocycles. The van der Waals surface area contributed by atoms with Crippen LogP contribution in [0.4, 0.5) is 0 Å². The van der Waals surface area contributed by atoms with Gasteiger partial charge in [-0.25, -0.2) is 0 Å². The van der Waals surface area contributed by atoms with Crippen LogP contribution < -0.4 is 10.6 Å². The van der Waals surface area contributed by atoms with Crippen molar-refractivity contribution in [3.8, 4) is 0 Å². The van der Waals surface area contributed by atoms with Gasteiger partial charge in [-0.3, -0.25) is 19.4 Å². The molecule has 0 aromatic rings. The quantitative estimate of drug-likeness (QED) is 0.0201. The second-order valence-electron chi connectivity index (χ2n) is 24.3. The van der Waals surface area contributed by atoms with Crippen molar-refractivity contribution in [1.29, 1.82) is 0 Å². The van der Waals surface area contributed by atoms with E-state index in [9.17, 15) is 30.0 Å². The molecule has 10 nitrogen and oxygen atoms in total. The first-order chi connectivity index (χ1) is 36.6. The highest BCUT2D eigenvalue weighted by Gasteiger charge is 2.35. The van der Waals surface area contributed by atoms with E-state index < -0.39 is 36.5 Å². The molecular formula is C64H125IN4O6. The molecule has 1 saturated heterocycles. The Bertz CT molecular complexity index is 1270. The summed E-state index contributed by atoms with van der Waals surface area (Å²) >= 11 is 2.52. The standard InChI is InChI=1S/C64H125IN4O6/c1-4-7-10-13-16-21-26-31-40-57(70)51-68(52-58(71)41-32-27-22-17-14-11-8-5-2)48-37-35-44-61-63(74)67-62(64(75)66-61)45-36-38-49-69(53-59(72)42-33-28-23-18-15-12-9-6-3)54-60(73)43-34-29-24-19-20-25-30-39-55-50-56(55)46-47-65/h55-62,70-73H,4-54H2,1-3H3,(H,66,75)(H,67,74)/t55?,56?,57-,58-,59-,60-,61-,62-/m0/s1. The number of halogens is 1. The maximum Gasteiger partial charge on any atom is 0.243 e. The van der Waals surface area contributed by atoms with Gasteiger partial charge in [0.15, 0.2) is 0 Å². The SMILES string of the molecule is CCCCCCCCCC[C@H](O)CN(CCCC[C@@H]1NC(=O)[C@H](CCCCN(C[C@@H](O)CCCCCCCCCC)C[C@@H](O)CCCCCCCCCC2CC2CCI)NC1=O)C[C@@H](O)CCCCCCCCCC. The zero-order valence-corrected chi connectivity index (χ0v) is 51.7. The summed E-state index contributed by atoms with van der Waals surface area (Å²) in [6, 6.07) is -1.09. The van der Waals surface area contributed by atoms with E-state index in [1.165, 1.54) is 178 Å². The molecular weight excluding hydrogens is 1050 g/mol. The van der Waals surface area contributed by atoms with Gasteiger partial charge in [-0.1, -0.05) is 249 Å². The molecule has 2 amide bonds. The number of hydrogen-bond acceptors (Lipinski definition) is 8. The van der Waals surface area contributed by atoms with E-state index in [0.29, 0.717) is 39.0 Å². The lowest BCUT2D eigenvalue weighted by molar-refractivity contribution is -0.137. The Morgan fingerprint density at radius 3 is 0.960 bits per heavy atom. The van der Waals surface area contributed by atoms with Crippen molar-refractivity contribution in [2.24, 2.45) is 11.8 Å². The van der Waals surface area contributed by atoms with Crippen molar-refractivity contribution >= 4 is 34.4 Å². The monoisotopic (exact) mass is 1170 g/mol. The van der Waals surface area contributed by atoms with Gasteiger partial charge in [-0.15, -0.1) is 0 Å². The van der Waals surface area contributed by atoms with Gasteiger partial charge in [0.05, 0.1) is 24.4 Å². The molecule has 6 N–H and O–H groups in total. The molecule has 1 saturated carbocycles. The number of unbranched alkanes of at least 4 members (excludes halogenated alkanes) is 29. The molecule has 75 heavy (non-hydrogen) atoms. The van der Waals surface area contributed by atoms with Crippen molar-refractivity contribution in [3.63, 3.8) is 0 Å². The summed E-state index contributed by atoms with van der Waals surface area (Å²) in [5.74, 6) is 1.83. The third-order valence-electron chi connectivity index (χ3n) is 16.9. The average molecular weight is 1170 g/mol. The number of hydrogen-bond donors (Lipinski definition) is 6. The fourth-order valence-corrected chi connectivity index (χ4v) is 12.7. The Labute approximate surface area is 477 Å². The molecule has 0 radical (unpaired) electrons. The van der Waals surface area contributed by atoms with E-state index >= 15 is 0 Å². The maximum atomic E-state index is 13.3. The van der Waals surface area contributed by atoms with Gasteiger partial charge in [0.25, 0.3) is 0 Å². The molecule has 2 fully saturated rings. The normalized spacial score (nSPS) is 19.4. The highest BCUT2D eigenvalue weighted by atomic mass is 127. The Kier molecular flexibility index (Phi) is 46.3. The molecule has 0 spiro atoms. The van der Waals surface area contributed by atoms with Crippen LogP contribution in [-0.4, -0.2) is 122 Å². The summed E-state index contributed by atoms with van der Waals surface area (Å²) < 4.78 is 1.31. The van der Waals surface area contributed by atoms with Crippen LogP contribution in [0.15, 0.2) is 0 Å². The minimum atomic E-state index is -0.544. The average Bonchev–Trinajstić information content (AvgIpc) is 4.14. The van der Waals surface area contributed by atoms with Gasteiger partial charge in [-0.2, -0.15) is 0 Å². The third-order valence-corrected chi connectivity index (χ3v) is 17.5. The van der Waals surface area contributed by atoms with Crippen molar-refractivity contribution in [2.45, 2.75) is 340 Å². The number of rotatable bonds is 57. The number of amides is 2. The lowest BCUT2D eigenvalue weighted by Crippen LogP contribution is -2.61. The zero-order valence-electron chi connectivity index (χ0n) is 49.6. The largest absolute Gasteiger partial charge is 0.392 e. The van der Waals surface area contributed by atoms with Gasteiger partial charge in [0.1, 0.15) is 12.1 Å². The first-order valence-electron chi connectivity index (χ1n) is 32.9. The van der Waals surface area contributed by atoms with Crippen LogP contribution in [0.2, 0.25) is 0 Å². The van der Waals surface area contributed by atoms with Crippen molar-refractivity contribution in [2.75, 3.05) is 43.7 Å². The Hall–Kier alpha value is -0.570. The molecule has 1 aliphatic heterocycles. The van der Waals surface area contributed by atoms with Gasteiger partial charge >= 0.3 is 0 Å². The molecule has 0 aromatic carbocycles. The Morgan fingerprint density at radius 1 is 0.387 bits per heavy atom. The van der Waals surface area contributed by atoms with E-state index in [1.807, 2.05) is 0 Å². The summed E-state index contributed by atoms with van der Waals surface area (Å²) in [4.78, 5) is 31.2. The Morgan fingerprint density at radius 2 is 0.653 bits per heavy atom. The number of aliphatic hydroxyl groups is 4. The van der Waals surface area contributed by atoms with Gasteiger partial charge in [0, 0.05) is 26.2 Å². The second-order valence-corrected chi connectivity index (χ2v) is 25.4. The van der Waals surface area contributed by atoms with Crippen LogP contribution in [0.5, 0.6) is 0 Å². The number of piperazine rings is 1. The summed E-state index contributed by atoms with van der Waals surface area (Å²) in [7, 11) is 0. The van der Waals surface area contributed by atoms with E-state index in [2.05, 4.69) is 63.8 Å². The van der Waals surface area contributed by atoms with Crippen LogP contribution >= 0.6 is 22.6 Å². The van der Waals surface area contributed by atoms with E-state index in [4.69, 9.17) is 0 Å². The van der Waals surface area contributed by atoms with Crippen LogP contribution in [0.25, 0.3) is 0 Å². The summed E-state index contributed by atoms with van der Waals surface area (Å²) in [6.07, 6.45) is 48.9. The zero-order chi connectivity index (χ0) is 54.4. The minimum Gasteiger partial charge on any atom is -0.392 e. The lowest BCUT2D eigenvalue weighted by Gasteiger charge is -2.31. The van der Waals surface area contributed by atoms with Gasteiger partial charge < -0.3 is 31.1 Å². The number of aliphatic hydroxyl groups excluding tert-OH is 4. The molecule has 8 atom stereocenters. The molecule has 2 unspecified atom stereocenters. The highest BCUT2D eigenvalue weighted by molar-refractivity contribution is 14.1. The fourth-order valence-electron chi connectivity index (χ4n) is 11.9. The maximum absolute atomic E-state index is 13.3. The molecule has 2 rings (SSSR count). The summed E-state index contributed by atoms with van der Waals surface area (Å²) in [5.41, 5.74) is 0. The highest BCUT2D eigenvalue weighted by Crippen LogP contribution is 2.45. The lowest BCUT2D eigenvalue weighted by atomic mass is 10.0. The van der Waals surface area contributed by atoms with Crippen LogP contribution in [-0.2, 0) is 9.59 Å². The predicted molar refractivity (Wildman–Crippen MR) is 327 cm³/mol. The molecule has 1 aliphatic carbocycles. The predicted octanol–water partition coefficient (Wildman–Crippen LogP) is 14.9. The Balaban J connectivity index is 1.77. The number of nitrogens with zero attached hydrogens (tertiary/aromatic N) is 2. The molecule has 0 bridgehead atoms. The van der Waals surface area contributed by atoms with Gasteiger partial charge in [0.2, 0.25) is 11.8 Å². The molecule has 1 heterocycles. The second kappa shape index (κ2) is 49.3. The third kappa shape index (κ3) is 40.3. The number of nitrogens with one attached hydrogen (secondary N) is 2. The van der Waals surface area contributed by atoms with Crippen LogP contribution in [0.3, 0.4) is 0 Å². The minimum absolute atomic E-state index is 0.110. The number of carbonyl (C=O) groups excluding carboxylic acids is 2. The van der Waals surface area contributed by atoms with Crippen molar-refractivity contribution < 1.29 is 30.0 Å². The number of carbonyl (C=O) groups is 2. The molecule has 11 heteroatoms.